The molecule has 9 heteroatoms. The van der Waals surface area contributed by atoms with E-state index >= 15 is 0 Å². The highest BCUT2D eigenvalue weighted by atomic mass is 79.9. The molecule has 1 aliphatic heterocycles. The van der Waals surface area contributed by atoms with Crippen LogP contribution in [0.15, 0.2) is 51.8 Å². The van der Waals surface area contributed by atoms with Gasteiger partial charge in [0, 0.05) is 12.1 Å². The summed E-state index contributed by atoms with van der Waals surface area (Å²) >= 11 is 4.27. The molecule has 1 aliphatic rings. The van der Waals surface area contributed by atoms with Gasteiger partial charge in [0.2, 0.25) is 0 Å². The first-order chi connectivity index (χ1) is 13.9. The number of imide groups is 1. The summed E-state index contributed by atoms with van der Waals surface area (Å²) in [5.74, 6) is 2.45. The number of hydrogen-bond donors (Lipinski definition) is 0. The number of terminal acetylenes is 1. The molecule has 1 fully saturated rings. The molecule has 29 heavy (non-hydrogen) atoms. The molecule has 0 atom stereocenters. The van der Waals surface area contributed by atoms with Crippen LogP contribution in [0.25, 0.3) is 6.08 Å². The van der Waals surface area contributed by atoms with Gasteiger partial charge in [-0.2, -0.15) is 0 Å². The highest BCUT2D eigenvalue weighted by molar-refractivity contribution is 9.10. The van der Waals surface area contributed by atoms with Crippen molar-refractivity contribution >= 4 is 50.6 Å². The molecule has 0 aromatic heterocycles. The van der Waals surface area contributed by atoms with Crippen LogP contribution >= 0.6 is 27.7 Å². The maximum Gasteiger partial charge on any atom is 0.294 e. The number of carbonyl (C=O) groups excluding carboxylic acids is 2. The summed E-state index contributed by atoms with van der Waals surface area (Å²) in [5.41, 5.74) is 1.52. The topological polar surface area (TPSA) is 89.8 Å². The van der Waals surface area contributed by atoms with Crippen molar-refractivity contribution in [1.29, 1.82) is 0 Å². The predicted octanol–water partition coefficient (Wildman–Crippen LogP) is 4.61. The second-order valence-electron chi connectivity index (χ2n) is 5.87. The Kier molecular flexibility index (Phi) is 6.36. The van der Waals surface area contributed by atoms with E-state index in [-0.39, 0.29) is 24.1 Å². The highest BCUT2D eigenvalue weighted by Gasteiger charge is 2.34. The second kappa shape index (κ2) is 8.94. The number of amides is 2. The van der Waals surface area contributed by atoms with Crippen LogP contribution in [0.1, 0.15) is 11.1 Å². The van der Waals surface area contributed by atoms with Gasteiger partial charge in [0.25, 0.3) is 16.8 Å². The van der Waals surface area contributed by atoms with Gasteiger partial charge in [0.05, 0.1) is 20.8 Å². The van der Waals surface area contributed by atoms with Gasteiger partial charge >= 0.3 is 0 Å². The Hall–Kier alpha value is -3.09. The lowest BCUT2D eigenvalue weighted by atomic mass is 10.2. The molecule has 0 spiro atoms. The molecule has 2 amide bonds. The maximum atomic E-state index is 12.2. The van der Waals surface area contributed by atoms with Gasteiger partial charge in [-0.25, -0.2) is 0 Å². The first-order valence-electron chi connectivity index (χ1n) is 8.23. The number of ether oxygens (including phenoxy) is 1. The Bertz CT molecular complexity index is 1060. The Morgan fingerprint density at radius 3 is 2.59 bits per heavy atom. The molecule has 0 N–H and O–H groups in total. The van der Waals surface area contributed by atoms with Crippen LogP contribution in [0.5, 0.6) is 5.75 Å². The van der Waals surface area contributed by atoms with Crippen molar-refractivity contribution < 1.29 is 19.2 Å². The number of halogens is 1. The van der Waals surface area contributed by atoms with Gasteiger partial charge in [-0.1, -0.05) is 12.0 Å². The van der Waals surface area contributed by atoms with Crippen molar-refractivity contribution in [3.05, 3.63) is 73.1 Å². The zero-order valence-corrected chi connectivity index (χ0v) is 17.2. The molecule has 0 aliphatic carbocycles. The van der Waals surface area contributed by atoms with Crippen molar-refractivity contribution in [2.24, 2.45) is 0 Å². The number of thioether (sulfide) groups is 1. The molecule has 1 saturated heterocycles. The van der Waals surface area contributed by atoms with Crippen molar-refractivity contribution in [2.45, 2.75) is 6.61 Å². The summed E-state index contributed by atoms with van der Waals surface area (Å²) in [6.45, 7) is 0.183. The third kappa shape index (κ3) is 4.85. The number of nitrogens with zero attached hydrogens (tertiary/aromatic N) is 2. The number of nitro benzene ring substituents is 1. The van der Waals surface area contributed by atoms with E-state index in [4.69, 9.17) is 11.2 Å². The Balaban J connectivity index is 1.69. The van der Waals surface area contributed by atoms with Crippen LogP contribution in [0, 0.1) is 22.5 Å². The molecule has 2 aromatic carbocycles. The SMILES string of the molecule is C#CCN1C(=O)S/C(=C/c2ccc(OCc3ccc([N+](=O)[O-])cc3)c(Br)c2)C1=O. The zero-order chi connectivity index (χ0) is 21.0. The number of carbonyl (C=O) groups is 2. The molecule has 0 saturated carbocycles. The maximum absolute atomic E-state index is 12.2. The van der Waals surface area contributed by atoms with Crippen LogP contribution < -0.4 is 4.74 Å². The standard InChI is InChI=1S/C20H13BrN2O5S/c1-2-9-22-19(24)18(29-20(22)25)11-14-5-8-17(16(21)10-14)28-12-13-3-6-15(7-4-13)23(26)27/h1,3-8,10-11H,9,12H2/b18-11+. The fraction of sp³-hybridized carbons (Fsp3) is 0.100. The summed E-state index contributed by atoms with van der Waals surface area (Å²) in [6.07, 6.45) is 6.80. The minimum absolute atomic E-state index is 0.0194. The largest absolute Gasteiger partial charge is 0.488 e. The smallest absolute Gasteiger partial charge is 0.294 e. The first kappa shape index (κ1) is 20.6. The fourth-order valence-electron chi connectivity index (χ4n) is 2.48. The average molecular weight is 473 g/mol. The third-order valence-corrected chi connectivity index (χ3v) is 5.45. The molecule has 7 nitrogen and oxygen atoms in total. The molecule has 0 bridgehead atoms. The molecule has 0 radical (unpaired) electrons. The van der Waals surface area contributed by atoms with Gasteiger partial charge < -0.3 is 4.74 Å². The first-order valence-corrected chi connectivity index (χ1v) is 9.84. The predicted molar refractivity (Wildman–Crippen MR) is 113 cm³/mol. The minimum Gasteiger partial charge on any atom is -0.488 e. The van der Waals surface area contributed by atoms with Gasteiger partial charge in [-0.15, -0.1) is 6.42 Å². The van der Waals surface area contributed by atoms with E-state index in [1.807, 2.05) is 0 Å². The number of nitro groups is 1. The zero-order valence-electron chi connectivity index (χ0n) is 14.8. The Morgan fingerprint density at radius 2 is 1.97 bits per heavy atom. The molecule has 146 valence electrons. The summed E-state index contributed by atoms with van der Waals surface area (Å²) in [7, 11) is 0. The molecule has 3 rings (SSSR count). The number of non-ortho nitro benzene ring substituents is 1. The summed E-state index contributed by atoms with van der Waals surface area (Å²) < 4.78 is 6.40. The van der Waals surface area contributed by atoms with E-state index in [9.17, 15) is 19.7 Å². The minimum atomic E-state index is -0.457. The number of benzene rings is 2. The molecule has 1 heterocycles. The second-order valence-corrected chi connectivity index (χ2v) is 7.72. The van der Waals surface area contributed by atoms with E-state index < -0.39 is 10.8 Å². The Morgan fingerprint density at radius 1 is 1.24 bits per heavy atom. The van der Waals surface area contributed by atoms with Crippen LogP contribution in [-0.4, -0.2) is 27.5 Å². The number of rotatable bonds is 6. The normalized spacial score (nSPS) is 14.9. The molecular weight excluding hydrogens is 460 g/mol. The molecule has 2 aromatic rings. The van der Waals surface area contributed by atoms with Gasteiger partial charge in [0.1, 0.15) is 12.4 Å². The van der Waals surface area contributed by atoms with Crippen LogP contribution in [0.3, 0.4) is 0 Å². The van der Waals surface area contributed by atoms with Gasteiger partial charge in [0.15, 0.2) is 0 Å². The van der Waals surface area contributed by atoms with Crippen LogP contribution in [-0.2, 0) is 11.4 Å². The monoisotopic (exact) mass is 472 g/mol. The lowest BCUT2D eigenvalue weighted by molar-refractivity contribution is -0.384. The lowest BCUT2D eigenvalue weighted by Crippen LogP contribution is -2.28. The van der Waals surface area contributed by atoms with E-state index in [2.05, 4.69) is 21.9 Å². The van der Waals surface area contributed by atoms with Crippen molar-refractivity contribution in [3.8, 4) is 18.1 Å². The van der Waals surface area contributed by atoms with Gasteiger partial charge in [-0.05, 0) is 69.2 Å². The third-order valence-electron chi connectivity index (χ3n) is 3.92. The number of hydrogen-bond acceptors (Lipinski definition) is 6. The van der Waals surface area contributed by atoms with E-state index in [0.717, 1.165) is 22.2 Å². The molecule has 0 unspecified atom stereocenters. The Labute approximate surface area is 179 Å². The summed E-state index contributed by atoms with van der Waals surface area (Å²) in [6, 6.07) is 11.4. The van der Waals surface area contributed by atoms with E-state index in [1.165, 1.54) is 12.1 Å². The van der Waals surface area contributed by atoms with Gasteiger partial charge in [-0.3, -0.25) is 24.6 Å². The van der Waals surface area contributed by atoms with Crippen LogP contribution in [0.4, 0.5) is 10.5 Å². The van der Waals surface area contributed by atoms with Crippen LogP contribution in [0.2, 0.25) is 0 Å². The quantitative estimate of drug-likeness (QED) is 0.264. The van der Waals surface area contributed by atoms with Crippen molar-refractivity contribution in [3.63, 3.8) is 0 Å². The lowest BCUT2D eigenvalue weighted by Gasteiger charge is -2.09. The van der Waals surface area contributed by atoms with E-state index in [1.54, 1.807) is 36.4 Å². The van der Waals surface area contributed by atoms with E-state index in [0.29, 0.717) is 20.7 Å². The van der Waals surface area contributed by atoms with Crippen molar-refractivity contribution in [2.75, 3.05) is 6.54 Å². The summed E-state index contributed by atoms with van der Waals surface area (Å²) in [4.78, 5) is 35.6. The van der Waals surface area contributed by atoms with Crippen molar-refractivity contribution in [1.82, 2.24) is 4.90 Å². The molecular formula is C20H13BrN2O5S. The highest BCUT2D eigenvalue weighted by Crippen LogP contribution is 2.33. The average Bonchev–Trinajstić information content (AvgIpc) is 2.95. The summed E-state index contributed by atoms with van der Waals surface area (Å²) in [5, 5.41) is 10.3. The fourth-order valence-corrected chi connectivity index (χ4v) is 3.83.